The average molecular weight is 302 g/mol. The molecule has 1 heterocycles. The van der Waals surface area contributed by atoms with Gasteiger partial charge in [-0.25, -0.2) is 4.79 Å². The smallest absolute Gasteiger partial charge is 0.453 e. The van der Waals surface area contributed by atoms with Gasteiger partial charge in [0, 0.05) is 19.0 Å². The lowest BCUT2D eigenvalue weighted by molar-refractivity contribution is -0.285. The number of alkyl halides is 5. The number of H-pyrrole nitrogens is 1. The van der Waals surface area contributed by atoms with Crippen LogP contribution in [0.2, 0.25) is 0 Å². The second-order valence-electron chi connectivity index (χ2n) is 3.83. The van der Waals surface area contributed by atoms with Crippen LogP contribution in [0, 0.1) is 0 Å². The highest BCUT2D eigenvalue weighted by molar-refractivity contribution is 5.86. The van der Waals surface area contributed by atoms with E-state index in [2.05, 4.69) is 9.84 Å². The number of carbonyl (C=O) groups is 1. The maximum absolute atomic E-state index is 12.7. The van der Waals surface area contributed by atoms with Crippen molar-refractivity contribution in [3.8, 4) is 0 Å². The quantitative estimate of drug-likeness (QED) is 0.668. The number of nitrogens with one attached hydrogen (secondary N) is 1. The highest BCUT2D eigenvalue weighted by Gasteiger charge is 2.56. The monoisotopic (exact) mass is 302 g/mol. The zero-order valence-electron chi connectivity index (χ0n) is 10.3. The van der Waals surface area contributed by atoms with Gasteiger partial charge in [0.15, 0.2) is 0 Å². The Balaban J connectivity index is 2.80. The summed E-state index contributed by atoms with van der Waals surface area (Å²) in [7, 11) is 0. The van der Waals surface area contributed by atoms with Gasteiger partial charge >= 0.3 is 18.1 Å². The Hall–Kier alpha value is -1.87. The molecule has 0 aliphatic carbocycles. The first-order valence-corrected chi connectivity index (χ1v) is 5.50. The van der Waals surface area contributed by atoms with Crippen molar-refractivity contribution in [3.05, 3.63) is 22.1 Å². The first-order chi connectivity index (χ1) is 9.08. The zero-order valence-corrected chi connectivity index (χ0v) is 10.3. The van der Waals surface area contributed by atoms with Crippen LogP contribution < -0.4 is 5.56 Å². The van der Waals surface area contributed by atoms with Crippen LogP contribution in [0.3, 0.4) is 0 Å². The van der Waals surface area contributed by atoms with Crippen molar-refractivity contribution < 1.29 is 31.5 Å². The Morgan fingerprint density at radius 1 is 1.35 bits per heavy atom. The topological polar surface area (TPSA) is 64.1 Å². The number of aromatic nitrogens is 2. The molecule has 1 aromatic heterocycles. The SMILES string of the molecule is CCOC(=O)c1cc(=O)n(CCC(F)(F)C(F)(F)F)[nH]1. The minimum Gasteiger partial charge on any atom is -0.461 e. The summed E-state index contributed by atoms with van der Waals surface area (Å²) in [4.78, 5) is 22.5. The van der Waals surface area contributed by atoms with E-state index in [1.165, 1.54) is 6.92 Å². The highest BCUT2D eigenvalue weighted by Crippen LogP contribution is 2.38. The first-order valence-electron chi connectivity index (χ1n) is 5.50. The molecule has 1 aromatic rings. The van der Waals surface area contributed by atoms with Gasteiger partial charge in [-0.05, 0) is 6.92 Å². The maximum Gasteiger partial charge on any atom is 0.453 e. The summed E-state index contributed by atoms with van der Waals surface area (Å²) in [6, 6.07) is 0.768. The van der Waals surface area contributed by atoms with E-state index in [9.17, 15) is 31.5 Å². The Kier molecular flexibility index (Phi) is 4.56. The summed E-state index contributed by atoms with van der Waals surface area (Å²) in [6.07, 6.45) is -7.30. The number of nitrogens with zero attached hydrogens (tertiary/aromatic N) is 1. The van der Waals surface area contributed by atoms with E-state index in [0.717, 1.165) is 6.07 Å². The highest BCUT2D eigenvalue weighted by atomic mass is 19.4. The molecule has 0 saturated carbocycles. The minimum atomic E-state index is -5.69. The fourth-order valence-electron chi connectivity index (χ4n) is 1.31. The van der Waals surface area contributed by atoms with Gasteiger partial charge in [-0.1, -0.05) is 0 Å². The molecule has 114 valence electrons. The molecule has 0 fully saturated rings. The zero-order chi connectivity index (χ0) is 15.6. The molecule has 0 unspecified atom stereocenters. The van der Waals surface area contributed by atoms with E-state index in [4.69, 9.17) is 0 Å². The van der Waals surface area contributed by atoms with E-state index < -0.39 is 36.6 Å². The molecular weight excluding hydrogens is 291 g/mol. The minimum absolute atomic E-state index is 0.0260. The average Bonchev–Trinajstić information content (AvgIpc) is 2.67. The van der Waals surface area contributed by atoms with Crippen LogP contribution in [0.1, 0.15) is 23.8 Å². The van der Waals surface area contributed by atoms with Gasteiger partial charge in [-0.3, -0.25) is 14.6 Å². The van der Waals surface area contributed by atoms with Crippen molar-refractivity contribution in [2.24, 2.45) is 0 Å². The summed E-state index contributed by atoms with van der Waals surface area (Å²) in [5.74, 6) is -5.81. The van der Waals surface area contributed by atoms with Crippen LogP contribution in [-0.2, 0) is 11.3 Å². The third kappa shape index (κ3) is 3.58. The van der Waals surface area contributed by atoms with Crippen molar-refractivity contribution in [2.75, 3.05) is 6.61 Å². The molecule has 0 saturated heterocycles. The van der Waals surface area contributed by atoms with Crippen LogP contribution in [0.4, 0.5) is 22.0 Å². The van der Waals surface area contributed by atoms with Gasteiger partial charge in [0.05, 0.1) is 6.61 Å². The van der Waals surface area contributed by atoms with E-state index in [1.807, 2.05) is 0 Å². The molecule has 1 rings (SSSR count). The largest absolute Gasteiger partial charge is 0.461 e. The molecule has 1 N–H and O–H groups in total. The first kappa shape index (κ1) is 16.2. The molecule has 0 aromatic carbocycles. The number of hydrogen-bond donors (Lipinski definition) is 1. The molecule has 0 bridgehead atoms. The van der Waals surface area contributed by atoms with Crippen molar-refractivity contribution in [1.82, 2.24) is 9.78 Å². The summed E-state index contributed by atoms with van der Waals surface area (Å²) in [5, 5.41) is 2.12. The van der Waals surface area contributed by atoms with E-state index in [1.54, 1.807) is 0 Å². The van der Waals surface area contributed by atoms with Crippen molar-refractivity contribution in [2.45, 2.75) is 32.0 Å². The fourth-order valence-corrected chi connectivity index (χ4v) is 1.31. The van der Waals surface area contributed by atoms with E-state index >= 15 is 0 Å². The summed E-state index contributed by atoms with van der Waals surface area (Å²) < 4.78 is 66.3. The predicted molar refractivity (Wildman–Crippen MR) is 56.6 cm³/mol. The third-order valence-electron chi connectivity index (χ3n) is 2.35. The normalized spacial score (nSPS) is 12.5. The van der Waals surface area contributed by atoms with Gasteiger partial charge in [-0.2, -0.15) is 22.0 Å². The fraction of sp³-hybridized carbons (Fsp3) is 0.600. The van der Waals surface area contributed by atoms with Gasteiger partial charge < -0.3 is 4.74 Å². The second kappa shape index (κ2) is 5.63. The molecule has 0 radical (unpaired) electrons. The van der Waals surface area contributed by atoms with Gasteiger partial charge in [0.2, 0.25) is 0 Å². The van der Waals surface area contributed by atoms with Crippen LogP contribution in [0.25, 0.3) is 0 Å². The molecule has 20 heavy (non-hydrogen) atoms. The lowest BCUT2D eigenvalue weighted by Crippen LogP contribution is -2.38. The molecule has 0 aliphatic rings. The van der Waals surface area contributed by atoms with Crippen LogP contribution in [0.15, 0.2) is 10.9 Å². The molecule has 5 nitrogen and oxygen atoms in total. The Bertz CT molecular complexity index is 532. The van der Waals surface area contributed by atoms with Gasteiger partial charge in [0.25, 0.3) is 5.56 Å². The number of carbonyl (C=O) groups excluding carboxylic acids is 1. The van der Waals surface area contributed by atoms with Crippen molar-refractivity contribution >= 4 is 5.97 Å². The maximum atomic E-state index is 12.7. The predicted octanol–water partition coefficient (Wildman–Crippen LogP) is 1.94. The molecule has 0 spiro atoms. The number of esters is 1. The molecule has 10 heteroatoms. The van der Waals surface area contributed by atoms with Crippen LogP contribution in [0.5, 0.6) is 0 Å². The number of rotatable bonds is 5. The van der Waals surface area contributed by atoms with Crippen molar-refractivity contribution in [1.29, 1.82) is 0 Å². The van der Waals surface area contributed by atoms with Gasteiger partial charge in [0.1, 0.15) is 5.69 Å². The summed E-state index contributed by atoms with van der Waals surface area (Å²) in [5.41, 5.74) is -1.21. The Morgan fingerprint density at radius 3 is 2.45 bits per heavy atom. The second-order valence-corrected chi connectivity index (χ2v) is 3.83. The van der Waals surface area contributed by atoms with E-state index in [-0.39, 0.29) is 12.3 Å². The third-order valence-corrected chi connectivity index (χ3v) is 2.35. The Labute approximate surface area is 109 Å². The van der Waals surface area contributed by atoms with Crippen molar-refractivity contribution in [3.63, 3.8) is 0 Å². The Morgan fingerprint density at radius 2 is 1.95 bits per heavy atom. The van der Waals surface area contributed by atoms with Crippen LogP contribution >= 0.6 is 0 Å². The standard InChI is InChI=1S/C10H11F5N2O3/c1-2-20-8(19)6-5-7(18)17(16-6)4-3-9(11,12)10(13,14)15/h5,16H,2-4H2,1H3. The molecule has 0 amide bonds. The lowest BCUT2D eigenvalue weighted by Gasteiger charge is -2.19. The summed E-state index contributed by atoms with van der Waals surface area (Å²) in [6.45, 7) is 0.625. The number of hydrogen-bond acceptors (Lipinski definition) is 3. The number of aryl methyl sites for hydroxylation is 1. The van der Waals surface area contributed by atoms with E-state index in [0.29, 0.717) is 4.68 Å². The molecule has 0 atom stereocenters. The number of aromatic amines is 1. The molecule has 0 aliphatic heterocycles. The number of ether oxygens (including phenoxy) is 1. The molecular formula is C10H11F5N2O3. The lowest BCUT2D eigenvalue weighted by atomic mass is 10.2. The van der Waals surface area contributed by atoms with Gasteiger partial charge in [-0.15, -0.1) is 0 Å². The van der Waals surface area contributed by atoms with Crippen LogP contribution in [-0.4, -0.2) is 34.5 Å². The number of halogens is 5. The summed E-state index contributed by atoms with van der Waals surface area (Å²) >= 11 is 0.